The van der Waals surface area contributed by atoms with Crippen molar-refractivity contribution >= 4 is 5.69 Å². The number of ether oxygens (including phenoxy) is 1. The second kappa shape index (κ2) is 7.00. The van der Waals surface area contributed by atoms with Crippen LogP contribution in [0.3, 0.4) is 0 Å². The lowest BCUT2D eigenvalue weighted by atomic mass is 10.1. The summed E-state index contributed by atoms with van der Waals surface area (Å²) >= 11 is 0. The summed E-state index contributed by atoms with van der Waals surface area (Å²) in [5, 5.41) is 14.2. The Bertz CT molecular complexity index is 676. The van der Waals surface area contributed by atoms with Gasteiger partial charge in [-0.25, -0.2) is 4.39 Å². The minimum atomic E-state index is -0.412. The molecule has 6 heteroatoms. The first kappa shape index (κ1) is 15.9. The van der Waals surface area contributed by atoms with Gasteiger partial charge in [-0.2, -0.15) is 0 Å². The number of halogens is 1. The lowest BCUT2D eigenvalue weighted by Gasteiger charge is -2.17. The fourth-order valence-corrected chi connectivity index (χ4v) is 2.26. The number of methoxy groups -OCH3 is 1. The predicted molar refractivity (Wildman–Crippen MR) is 81.3 cm³/mol. The van der Waals surface area contributed by atoms with Crippen LogP contribution in [0.4, 0.5) is 10.1 Å². The Balaban J connectivity index is 2.15. The Kier molecular flexibility index (Phi) is 5.06. The molecule has 22 heavy (non-hydrogen) atoms. The van der Waals surface area contributed by atoms with E-state index < -0.39 is 4.92 Å². The summed E-state index contributed by atoms with van der Waals surface area (Å²) < 4.78 is 18.6. The Morgan fingerprint density at radius 2 is 2.05 bits per heavy atom. The SMILES string of the molecule is COc1ccc(F)cc1[C@@H](C)NCc1ccccc1[N+](=O)[O-]. The molecule has 0 radical (unpaired) electrons. The third-order valence-electron chi connectivity index (χ3n) is 3.45. The summed E-state index contributed by atoms with van der Waals surface area (Å²) in [5.41, 5.74) is 1.31. The van der Waals surface area contributed by atoms with Crippen molar-refractivity contribution in [2.75, 3.05) is 7.11 Å². The maximum atomic E-state index is 13.4. The molecule has 0 unspecified atom stereocenters. The number of nitrogens with one attached hydrogen (secondary N) is 1. The standard InChI is InChI=1S/C16H17FN2O3/c1-11(14-9-13(17)7-8-16(14)22-2)18-10-12-5-3-4-6-15(12)19(20)21/h3-9,11,18H,10H2,1-2H3/t11-/m1/s1. The zero-order chi connectivity index (χ0) is 16.1. The van der Waals surface area contributed by atoms with Crippen molar-refractivity contribution in [3.05, 3.63) is 69.5 Å². The molecule has 0 fully saturated rings. The van der Waals surface area contributed by atoms with E-state index >= 15 is 0 Å². The summed E-state index contributed by atoms with van der Waals surface area (Å²) in [7, 11) is 1.52. The highest BCUT2D eigenvalue weighted by molar-refractivity contribution is 5.40. The van der Waals surface area contributed by atoms with Gasteiger partial charge in [0.05, 0.1) is 12.0 Å². The normalized spacial score (nSPS) is 12.0. The van der Waals surface area contributed by atoms with Gasteiger partial charge in [-0.1, -0.05) is 18.2 Å². The van der Waals surface area contributed by atoms with Crippen LogP contribution in [0.25, 0.3) is 0 Å². The van der Waals surface area contributed by atoms with Crippen molar-refractivity contribution < 1.29 is 14.1 Å². The van der Waals surface area contributed by atoms with Crippen molar-refractivity contribution in [2.45, 2.75) is 19.5 Å². The molecule has 0 amide bonds. The van der Waals surface area contributed by atoms with Crippen LogP contribution in [0.5, 0.6) is 5.75 Å². The van der Waals surface area contributed by atoms with Gasteiger partial charge in [0.2, 0.25) is 0 Å². The number of para-hydroxylation sites is 1. The highest BCUT2D eigenvalue weighted by Gasteiger charge is 2.16. The van der Waals surface area contributed by atoms with E-state index in [-0.39, 0.29) is 17.5 Å². The van der Waals surface area contributed by atoms with Gasteiger partial charge >= 0.3 is 0 Å². The molecule has 0 aliphatic rings. The molecule has 0 heterocycles. The van der Waals surface area contributed by atoms with Crippen LogP contribution >= 0.6 is 0 Å². The number of rotatable bonds is 6. The molecular formula is C16H17FN2O3. The molecule has 2 rings (SSSR count). The zero-order valence-electron chi connectivity index (χ0n) is 12.4. The lowest BCUT2D eigenvalue weighted by molar-refractivity contribution is -0.385. The third kappa shape index (κ3) is 3.59. The van der Waals surface area contributed by atoms with Gasteiger partial charge in [0.15, 0.2) is 0 Å². The van der Waals surface area contributed by atoms with Crippen molar-refractivity contribution in [1.29, 1.82) is 0 Å². The van der Waals surface area contributed by atoms with Gasteiger partial charge in [0.1, 0.15) is 11.6 Å². The van der Waals surface area contributed by atoms with Crippen molar-refractivity contribution in [3.8, 4) is 5.75 Å². The molecule has 0 bridgehead atoms. The smallest absolute Gasteiger partial charge is 0.273 e. The number of nitro groups is 1. The summed E-state index contributed by atoms with van der Waals surface area (Å²) in [6.45, 7) is 2.16. The summed E-state index contributed by atoms with van der Waals surface area (Å²) in [5.74, 6) is 0.221. The van der Waals surface area contributed by atoms with E-state index in [0.29, 0.717) is 23.4 Å². The molecule has 116 valence electrons. The fraction of sp³-hybridized carbons (Fsp3) is 0.250. The molecular weight excluding hydrogens is 287 g/mol. The Hall–Kier alpha value is -2.47. The van der Waals surface area contributed by atoms with Crippen LogP contribution in [-0.2, 0) is 6.54 Å². The highest BCUT2D eigenvalue weighted by atomic mass is 19.1. The Morgan fingerprint density at radius 3 is 2.73 bits per heavy atom. The quantitative estimate of drug-likeness (QED) is 0.654. The second-order valence-electron chi connectivity index (χ2n) is 4.87. The van der Waals surface area contributed by atoms with Gasteiger partial charge in [-0.3, -0.25) is 10.1 Å². The molecule has 0 saturated heterocycles. The molecule has 0 spiro atoms. The molecule has 2 aromatic carbocycles. The molecule has 0 aliphatic carbocycles. The first-order chi connectivity index (χ1) is 10.5. The van der Waals surface area contributed by atoms with Crippen LogP contribution in [-0.4, -0.2) is 12.0 Å². The number of nitrogens with zero attached hydrogens (tertiary/aromatic N) is 1. The summed E-state index contributed by atoms with van der Waals surface area (Å²) in [4.78, 5) is 10.6. The van der Waals surface area contributed by atoms with Crippen LogP contribution < -0.4 is 10.1 Å². The van der Waals surface area contributed by atoms with E-state index in [4.69, 9.17) is 4.74 Å². The van der Waals surface area contributed by atoms with Crippen LogP contribution in [0.2, 0.25) is 0 Å². The van der Waals surface area contributed by atoms with E-state index in [0.717, 1.165) is 0 Å². The van der Waals surface area contributed by atoms with Gasteiger partial charge in [-0.15, -0.1) is 0 Å². The minimum Gasteiger partial charge on any atom is -0.496 e. The van der Waals surface area contributed by atoms with E-state index in [1.165, 1.54) is 25.3 Å². The van der Waals surface area contributed by atoms with E-state index in [1.54, 1.807) is 24.3 Å². The van der Waals surface area contributed by atoms with Crippen molar-refractivity contribution in [1.82, 2.24) is 5.32 Å². The molecule has 0 aromatic heterocycles. The molecule has 1 N–H and O–H groups in total. The van der Waals surface area contributed by atoms with Crippen LogP contribution in [0.1, 0.15) is 24.1 Å². The fourth-order valence-electron chi connectivity index (χ4n) is 2.26. The first-order valence-corrected chi connectivity index (χ1v) is 6.82. The zero-order valence-corrected chi connectivity index (χ0v) is 12.4. The maximum Gasteiger partial charge on any atom is 0.273 e. The topological polar surface area (TPSA) is 64.4 Å². The van der Waals surface area contributed by atoms with Gasteiger partial charge < -0.3 is 10.1 Å². The average Bonchev–Trinajstić information content (AvgIpc) is 2.52. The molecule has 2 aromatic rings. The molecule has 1 atom stereocenters. The Morgan fingerprint density at radius 1 is 1.32 bits per heavy atom. The molecule has 0 saturated carbocycles. The Labute approximate surface area is 127 Å². The minimum absolute atomic E-state index is 0.0633. The van der Waals surface area contributed by atoms with E-state index in [1.807, 2.05) is 6.92 Å². The second-order valence-corrected chi connectivity index (χ2v) is 4.87. The van der Waals surface area contributed by atoms with Crippen LogP contribution in [0.15, 0.2) is 42.5 Å². The van der Waals surface area contributed by atoms with Gasteiger partial charge in [0, 0.05) is 29.8 Å². The monoisotopic (exact) mass is 304 g/mol. The molecule has 5 nitrogen and oxygen atoms in total. The van der Waals surface area contributed by atoms with Crippen LogP contribution in [0, 0.1) is 15.9 Å². The number of nitro benzene ring substituents is 1. The van der Waals surface area contributed by atoms with Crippen molar-refractivity contribution in [2.24, 2.45) is 0 Å². The van der Waals surface area contributed by atoms with E-state index in [9.17, 15) is 14.5 Å². The van der Waals surface area contributed by atoms with Gasteiger partial charge in [0.25, 0.3) is 5.69 Å². The number of benzene rings is 2. The van der Waals surface area contributed by atoms with Gasteiger partial charge in [-0.05, 0) is 25.1 Å². The average molecular weight is 304 g/mol. The lowest BCUT2D eigenvalue weighted by Crippen LogP contribution is -2.19. The molecule has 0 aliphatic heterocycles. The van der Waals surface area contributed by atoms with Crippen molar-refractivity contribution in [3.63, 3.8) is 0 Å². The highest BCUT2D eigenvalue weighted by Crippen LogP contribution is 2.26. The van der Waals surface area contributed by atoms with E-state index in [2.05, 4.69) is 5.32 Å². The third-order valence-corrected chi connectivity index (χ3v) is 3.45. The predicted octanol–water partition coefficient (Wildman–Crippen LogP) is 3.59. The summed E-state index contributed by atoms with van der Waals surface area (Å²) in [6.07, 6.45) is 0. The largest absolute Gasteiger partial charge is 0.496 e. The maximum absolute atomic E-state index is 13.4. The number of hydrogen-bond donors (Lipinski definition) is 1. The first-order valence-electron chi connectivity index (χ1n) is 6.82. The summed E-state index contributed by atoms with van der Waals surface area (Å²) in [6, 6.07) is 10.6. The number of hydrogen-bond acceptors (Lipinski definition) is 4.